The first-order valence-electron chi connectivity index (χ1n) is 9.64. The number of nitrogens with zero attached hydrogens (tertiary/aromatic N) is 1. The van der Waals surface area contributed by atoms with Crippen molar-refractivity contribution in [1.29, 1.82) is 0 Å². The van der Waals surface area contributed by atoms with Crippen LogP contribution < -0.4 is 10.6 Å². The van der Waals surface area contributed by atoms with Crippen LogP contribution in [0.5, 0.6) is 0 Å². The Bertz CT molecular complexity index is 712. The van der Waals surface area contributed by atoms with Gasteiger partial charge in [0.15, 0.2) is 0 Å². The summed E-state index contributed by atoms with van der Waals surface area (Å²) in [6.45, 7) is 5.41. The highest BCUT2D eigenvalue weighted by Crippen LogP contribution is 2.16. The monoisotopic (exact) mass is 385 g/mol. The van der Waals surface area contributed by atoms with E-state index >= 15 is 0 Å². The number of nitrogens with one attached hydrogen (secondary N) is 2. The van der Waals surface area contributed by atoms with Crippen LogP contribution in [0.3, 0.4) is 0 Å². The highest BCUT2D eigenvalue weighted by atomic mass is 35.5. The molecule has 0 radical (unpaired) electrons. The van der Waals surface area contributed by atoms with E-state index in [9.17, 15) is 4.79 Å². The third kappa shape index (κ3) is 6.35. The van der Waals surface area contributed by atoms with Crippen LogP contribution in [0.25, 0.3) is 0 Å². The second-order valence-electron chi connectivity index (χ2n) is 7.26. The maximum atomic E-state index is 12.3. The van der Waals surface area contributed by atoms with Crippen LogP contribution in [-0.4, -0.2) is 36.5 Å². The summed E-state index contributed by atoms with van der Waals surface area (Å²) in [5.41, 5.74) is 2.47. The highest BCUT2D eigenvalue weighted by Gasteiger charge is 2.20. The van der Waals surface area contributed by atoms with Crippen molar-refractivity contribution in [2.45, 2.75) is 38.4 Å². The van der Waals surface area contributed by atoms with Gasteiger partial charge < -0.3 is 10.6 Å². The lowest BCUT2D eigenvalue weighted by molar-refractivity contribution is -0.121. The van der Waals surface area contributed by atoms with Crippen LogP contribution in [0.2, 0.25) is 5.02 Å². The lowest BCUT2D eigenvalue weighted by atomic mass is 10.0. The molecule has 5 heteroatoms. The summed E-state index contributed by atoms with van der Waals surface area (Å²) in [5, 5.41) is 7.18. The van der Waals surface area contributed by atoms with Crippen LogP contribution in [-0.2, 0) is 11.3 Å². The van der Waals surface area contributed by atoms with Gasteiger partial charge in [-0.25, -0.2) is 0 Å². The van der Waals surface area contributed by atoms with E-state index in [1.165, 1.54) is 5.56 Å². The summed E-state index contributed by atoms with van der Waals surface area (Å²) in [6.07, 6.45) is 2.01. The SMILES string of the molecule is C[C@H](NCC(=O)NC1CCN(Cc2ccccc2)CC1)c1ccc(Cl)cc1. The average molecular weight is 386 g/mol. The van der Waals surface area contributed by atoms with Gasteiger partial charge in [0.2, 0.25) is 5.91 Å². The smallest absolute Gasteiger partial charge is 0.234 e. The number of benzene rings is 2. The van der Waals surface area contributed by atoms with E-state index in [4.69, 9.17) is 11.6 Å². The number of carbonyl (C=O) groups excluding carboxylic acids is 1. The van der Waals surface area contributed by atoms with Gasteiger partial charge in [-0.2, -0.15) is 0 Å². The van der Waals surface area contributed by atoms with E-state index in [1.807, 2.05) is 30.3 Å². The Morgan fingerprint density at radius 2 is 1.78 bits per heavy atom. The minimum atomic E-state index is 0.0670. The van der Waals surface area contributed by atoms with Gasteiger partial charge in [0, 0.05) is 36.7 Å². The first-order valence-corrected chi connectivity index (χ1v) is 10.0. The molecule has 0 aromatic heterocycles. The van der Waals surface area contributed by atoms with E-state index in [0.717, 1.165) is 43.1 Å². The molecule has 0 unspecified atom stereocenters. The maximum Gasteiger partial charge on any atom is 0.234 e. The van der Waals surface area contributed by atoms with Crippen LogP contribution in [0.1, 0.15) is 36.9 Å². The number of likely N-dealkylation sites (tertiary alicyclic amines) is 1. The molecule has 2 aromatic carbocycles. The van der Waals surface area contributed by atoms with Crippen LogP contribution in [0.15, 0.2) is 54.6 Å². The Balaban J connectivity index is 1.36. The first-order chi connectivity index (χ1) is 13.1. The zero-order valence-corrected chi connectivity index (χ0v) is 16.6. The molecule has 3 rings (SSSR count). The molecule has 1 aliphatic heterocycles. The van der Waals surface area contributed by atoms with Crippen molar-refractivity contribution in [2.24, 2.45) is 0 Å². The average Bonchev–Trinajstić information content (AvgIpc) is 2.69. The van der Waals surface area contributed by atoms with Crippen LogP contribution in [0, 0.1) is 0 Å². The Kier molecular flexibility index (Phi) is 7.27. The molecule has 27 heavy (non-hydrogen) atoms. The fraction of sp³-hybridized carbons (Fsp3) is 0.409. The van der Waals surface area contributed by atoms with Gasteiger partial charge in [0.25, 0.3) is 0 Å². The number of piperidine rings is 1. The molecule has 1 atom stereocenters. The summed E-state index contributed by atoms with van der Waals surface area (Å²) in [4.78, 5) is 14.7. The molecule has 1 fully saturated rings. The van der Waals surface area contributed by atoms with Crippen molar-refractivity contribution < 1.29 is 4.79 Å². The van der Waals surface area contributed by atoms with Gasteiger partial charge in [-0.05, 0) is 43.0 Å². The lowest BCUT2D eigenvalue weighted by Crippen LogP contribution is -2.46. The number of amides is 1. The lowest BCUT2D eigenvalue weighted by Gasteiger charge is -2.32. The molecule has 4 nitrogen and oxygen atoms in total. The number of hydrogen-bond acceptors (Lipinski definition) is 3. The molecule has 1 amide bonds. The Hall–Kier alpha value is -1.88. The van der Waals surface area contributed by atoms with Gasteiger partial charge in [-0.1, -0.05) is 54.1 Å². The predicted octanol–water partition coefficient (Wildman–Crippen LogP) is 3.77. The minimum absolute atomic E-state index is 0.0670. The van der Waals surface area contributed by atoms with E-state index < -0.39 is 0 Å². The molecule has 2 aromatic rings. The van der Waals surface area contributed by atoms with E-state index in [1.54, 1.807) is 0 Å². The highest BCUT2D eigenvalue weighted by molar-refractivity contribution is 6.30. The molecular weight excluding hydrogens is 358 g/mol. The quantitative estimate of drug-likeness (QED) is 0.762. The van der Waals surface area contributed by atoms with Gasteiger partial charge in [-0.15, -0.1) is 0 Å². The number of halogens is 1. The molecule has 0 spiro atoms. The van der Waals surface area contributed by atoms with E-state index in [-0.39, 0.29) is 18.0 Å². The number of carbonyl (C=O) groups is 1. The van der Waals surface area contributed by atoms with Crippen LogP contribution >= 0.6 is 11.6 Å². The van der Waals surface area contributed by atoms with Crippen molar-refractivity contribution in [3.8, 4) is 0 Å². The van der Waals surface area contributed by atoms with Crippen LogP contribution in [0.4, 0.5) is 0 Å². The van der Waals surface area contributed by atoms with E-state index in [2.05, 4.69) is 46.7 Å². The Morgan fingerprint density at radius 3 is 2.44 bits per heavy atom. The molecule has 0 bridgehead atoms. The van der Waals surface area contributed by atoms with Crippen molar-refractivity contribution in [3.63, 3.8) is 0 Å². The second kappa shape index (κ2) is 9.88. The van der Waals surface area contributed by atoms with Gasteiger partial charge >= 0.3 is 0 Å². The summed E-state index contributed by atoms with van der Waals surface area (Å²) >= 11 is 5.92. The fourth-order valence-electron chi connectivity index (χ4n) is 3.47. The zero-order chi connectivity index (χ0) is 19.1. The molecular formula is C22H28ClN3O. The molecule has 2 N–H and O–H groups in total. The molecule has 1 heterocycles. The molecule has 1 saturated heterocycles. The standard InChI is InChI=1S/C22H28ClN3O/c1-17(19-7-9-20(23)10-8-19)24-15-22(27)25-21-11-13-26(14-12-21)16-18-5-3-2-4-6-18/h2-10,17,21,24H,11-16H2,1H3,(H,25,27)/t17-/m0/s1. The first kappa shape index (κ1) is 19.9. The summed E-state index contributed by atoms with van der Waals surface area (Å²) in [5.74, 6) is 0.0670. The third-order valence-electron chi connectivity index (χ3n) is 5.14. The van der Waals surface area contributed by atoms with Gasteiger partial charge in [0.1, 0.15) is 0 Å². The summed E-state index contributed by atoms with van der Waals surface area (Å²) in [7, 11) is 0. The normalized spacial score (nSPS) is 16.8. The Labute approximate surface area is 166 Å². The molecule has 1 aliphatic rings. The van der Waals surface area contributed by atoms with Crippen molar-refractivity contribution in [2.75, 3.05) is 19.6 Å². The van der Waals surface area contributed by atoms with Crippen molar-refractivity contribution in [3.05, 3.63) is 70.7 Å². The minimum Gasteiger partial charge on any atom is -0.352 e. The largest absolute Gasteiger partial charge is 0.352 e. The van der Waals surface area contributed by atoms with Gasteiger partial charge in [0.05, 0.1) is 6.54 Å². The van der Waals surface area contributed by atoms with Gasteiger partial charge in [-0.3, -0.25) is 9.69 Å². The number of hydrogen-bond donors (Lipinski definition) is 2. The maximum absolute atomic E-state index is 12.3. The topological polar surface area (TPSA) is 44.4 Å². The summed E-state index contributed by atoms with van der Waals surface area (Å²) < 4.78 is 0. The number of rotatable bonds is 7. The third-order valence-corrected chi connectivity index (χ3v) is 5.39. The van der Waals surface area contributed by atoms with E-state index in [0.29, 0.717) is 6.54 Å². The molecule has 0 saturated carbocycles. The molecule has 0 aliphatic carbocycles. The fourth-order valence-corrected chi connectivity index (χ4v) is 3.60. The Morgan fingerprint density at radius 1 is 1.11 bits per heavy atom. The van der Waals surface area contributed by atoms with Crippen molar-refractivity contribution >= 4 is 17.5 Å². The van der Waals surface area contributed by atoms with Crippen molar-refractivity contribution in [1.82, 2.24) is 15.5 Å². The molecule has 144 valence electrons. The zero-order valence-electron chi connectivity index (χ0n) is 15.8. The summed E-state index contributed by atoms with van der Waals surface area (Å²) in [6, 6.07) is 18.7. The predicted molar refractivity (Wildman–Crippen MR) is 111 cm³/mol. The second-order valence-corrected chi connectivity index (χ2v) is 7.69.